The van der Waals surface area contributed by atoms with E-state index in [0.29, 0.717) is 25.5 Å². The number of nitrogens with one attached hydrogen (secondary N) is 2. The average Bonchev–Trinajstić information content (AvgIpc) is 3.23. The summed E-state index contributed by atoms with van der Waals surface area (Å²) >= 11 is 0. The lowest BCUT2D eigenvalue weighted by atomic mass is 10.3. The first-order valence-electron chi connectivity index (χ1n) is 6.69. The van der Waals surface area contributed by atoms with Crippen molar-refractivity contribution in [1.82, 2.24) is 9.97 Å². The first kappa shape index (κ1) is 13.6. The normalized spacial score (nSPS) is 14.0. The number of anilines is 2. The lowest BCUT2D eigenvalue weighted by Gasteiger charge is -2.09. The minimum Gasteiger partial charge on any atom is -0.466 e. The first-order chi connectivity index (χ1) is 9.22. The predicted molar refractivity (Wildman–Crippen MR) is 73.3 cm³/mol. The van der Waals surface area contributed by atoms with Crippen LogP contribution in [0.2, 0.25) is 0 Å². The Labute approximate surface area is 113 Å². The SMILES string of the molecule is CCOC(=O)CCNc1cc(NC)nc(C2CC2)n1. The average molecular weight is 264 g/mol. The highest BCUT2D eigenvalue weighted by Gasteiger charge is 2.27. The zero-order valence-corrected chi connectivity index (χ0v) is 11.4. The van der Waals surface area contributed by atoms with E-state index in [4.69, 9.17) is 4.74 Å². The van der Waals surface area contributed by atoms with E-state index in [9.17, 15) is 4.79 Å². The van der Waals surface area contributed by atoms with Crippen LogP contribution in [0.3, 0.4) is 0 Å². The molecule has 1 heterocycles. The van der Waals surface area contributed by atoms with E-state index in [1.165, 1.54) is 0 Å². The number of aromatic nitrogens is 2. The van der Waals surface area contributed by atoms with Gasteiger partial charge >= 0.3 is 5.97 Å². The fourth-order valence-electron chi connectivity index (χ4n) is 1.73. The number of rotatable bonds is 7. The van der Waals surface area contributed by atoms with Crippen molar-refractivity contribution in [2.24, 2.45) is 0 Å². The predicted octanol–water partition coefficient (Wildman–Crippen LogP) is 1.76. The van der Waals surface area contributed by atoms with Crippen LogP contribution < -0.4 is 10.6 Å². The molecule has 0 radical (unpaired) electrons. The van der Waals surface area contributed by atoms with Gasteiger partial charge in [-0.1, -0.05) is 0 Å². The highest BCUT2D eigenvalue weighted by molar-refractivity contribution is 5.70. The molecule has 2 rings (SSSR count). The fraction of sp³-hybridized carbons (Fsp3) is 0.615. The molecule has 2 N–H and O–H groups in total. The van der Waals surface area contributed by atoms with Crippen molar-refractivity contribution in [3.05, 3.63) is 11.9 Å². The van der Waals surface area contributed by atoms with E-state index in [1.807, 2.05) is 13.1 Å². The zero-order valence-electron chi connectivity index (χ0n) is 11.4. The third kappa shape index (κ3) is 4.08. The van der Waals surface area contributed by atoms with Gasteiger partial charge in [-0.25, -0.2) is 9.97 Å². The quantitative estimate of drug-likeness (QED) is 0.731. The van der Waals surface area contributed by atoms with Crippen LogP contribution in [0.5, 0.6) is 0 Å². The highest BCUT2D eigenvalue weighted by atomic mass is 16.5. The topological polar surface area (TPSA) is 76.1 Å². The Hall–Kier alpha value is -1.85. The molecule has 6 heteroatoms. The van der Waals surface area contributed by atoms with Crippen LogP contribution in [-0.2, 0) is 9.53 Å². The Balaban J connectivity index is 1.91. The molecule has 0 amide bonds. The number of esters is 1. The van der Waals surface area contributed by atoms with Gasteiger partial charge in [0.25, 0.3) is 0 Å². The van der Waals surface area contributed by atoms with E-state index < -0.39 is 0 Å². The van der Waals surface area contributed by atoms with Crippen molar-refractivity contribution >= 4 is 17.6 Å². The molecule has 19 heavy (non-hydrogen) atoms. The molecule has 104 valence electrons. The van der Waals surface area contributed by atoms with Crippen molar-refractivity contribution in [3.8, 4) is 0 Å². The van der Waals surface area contributed by atoms with Crippen molar-refractivity contribution in [2.45, 2.75) is 32.1 Å². The lowest BCUT2D eigenvalue weighted by Crippen LogP contribution is -2.13. The van der Waals surface area contributed by atoms with Crippen LogP contribution >= 0.6 is 0 Å². The summed E-state index contributed by atoms with van der Waals surface area (Å²) in [5.74, 6) is 2.74. The van der Waals surface area contributed by atoms with Crippen LogP contribution in [0.4, 0.5) is 11.6 Å². The summed E-state index contributed by atoms with van der Waals surface area (Å²) in [6, 6.07) is 1.84. The van der Waals surface area contributed by atoms with Gasteiger partial charge in [0.1, 0.15) is 17.5 Å². The van der Waals surface area contributed by atoms with Gasteiger partial charge in [0.15, 0.2) is 0 Å². The molecule has 6 nitrogen and oxygen atoms in total. The summed E-state index contributed by atoms with van der Waals surface area (Å²) < 4.78 is 4.87. The third-order valence-corrected chi connectivity index (χ3v) is 2.88. The summed E-state index contributed by atoms with van der Waals surface area (Å²) in [6.07, 6.45) is 2.66. The molecule has 0 saturated heterocycles. The minimum atomic E-state index is -0.194. The molecule has 1 aliphatic carbocycles. The highest BCUT2D eigenvalue weighted by Crippen LogP contribution is 2.38. The summed E-state index contributed by atoms with van der Waals surface area (Å²) in [6.45, 7) is 2.74. The maximum absolute atomic E-state index is 11.2. The van der Waals surface area contributed by atoms with Crippen molar-refractivity contribution in [3.63, 3.8) is 0 Å². The van der Waals surface area contributed by atoms with Crippen LogP contribution in [-0.4, -0.2) is 36.1 Å². The third-order valence-electron chi connectivity index (χ3n) is 2.88. The Morgan fingerprint density at radius 2 is 2.16 bits per heavy atom. The molecule has 1 aromatic heterocycles. The van der Waals surface area contributed by atoms with Gasteiger partial charge in [-0.15, -0.1) is 0 Å². The molecule has 0 spiro atoms. The maximum Gasteiger partial charge on any atom is 0.307 e. The molecule has 1 aliphatic rings. The number of carbonyl (C=O) groups is 1. The van der Waals surface area contributed by atoms with Crippen LogP contribution in [0.15, 0.2) is 6.07 Å². The largest absolute Gasteiger partial charge is 0.466 e. The second kappa shape index (κ2) is 6.36. The lowest BCUT2D eigenvalue weighted by molar-refractivity contribution is -0.142. The van der Waals surface area contributed by atoms with Crippen LogP contribution in [0.1, 0.15) is 37.9 Å². The molecule has 1 saturated carbocycles. The van der Waals surface area contributed by atoms with Crippen LogP contribution in [0, 0.1) is 0 Å². The maximum atomic E-state index is 11.2. The van der Waals surface area contributed by atoms with Gasteiger partial charge in [-0.2, -0.15) is 0 Å². The Kier molecular flexibility index (Phi) is 4.54. The van der Waals surface area contributed by atoms with Gasteiger partial charge < -0.3 is 15.4 Å². The molecule has 0 unspecified atom stereocenters. The van der Waals surface area contributed by atoms with Crippen molar-refractivity contribution < 1.29 is 9.53 Å². The molecule has 0 aliphatic heterocycles. The number of carbonyl (C=O) groups excluding carboxylic acids is 1. The van der Waals surface area contributed by atoms with Gasteiger partial charge in [0.05, 0.1) is 13.0 Å². The Morgan fingerprint density at radius 1 is 1.42 bits per heavy atom. The van der Waals surface area contributed by atoms with Crippen molar-refractivity contribution in [2.75, 3.05) is 30.8 Å². The summed E-state index contributed by atoms with van der Waals surface area (Å²) in [5, 5.41) is 6.17. The van der Waals surface area contributed by atoms with E-state index in [1.54, 1.807) is 6.92 Å². The molecule has 0 bridgehead atoms. The smallest absolute Gasteiger partial charge is 0.307 e. The number of nitrogens with zero attached hydrogens (tertiary/aromatic N) is 2. The summed E-state index contributed by atoms with van der Waals surface area (Å²) in [5.41, 5.74) is 0. The van der Waals surface area contributed by atoms with E-state index in [-0.39, 0.29) is 5.97 Å². The van der Waals surface area contributed by atoms with Gasteiger partial charge in [0.2, 0.25) is 0 Å². The zero-order chi connectivity index (χ0) is 13.7. The van der Waals surface area contributed by atoms with E-state index in [0.717, 1.165) is 30.3 Å². The second-order valence-electron chi connectivity index (χ2n) is 4.50. The minimum absolute atomic E-state index is 0.194. The first-order valence-corrected chi connectivity index (χ1v) is 6.69. The summed E-state index contributed by atoms with van der Waals surface area (Å²) in [7, 11) is 1.83. The molecule has 0 atom stereocenters. The van der Waals surface area contributed by atoms with Gasteiger partial charge in [0, 0.05) is 25.6 Å². The van der Waals surface area contributed by atoms with Crippen LogP contribution in [0.25, 0.3) is 0 Å². The van der Waals surface area contributed by atoms with Crippen molar-refractivity contribution in [1.29, 1.82) is 0 Å². The van der Waals surface area contributed by atoms with Gasteiger partial charge in [-0.05, 0) is 19.8 Å². The number of hydrogen-bond donors (Lipinski definition) is 2. The fourth-order valence-corrected chi connectivity index (χ4v) is 1.73. The molecule has 1 fully saturated rings. The monoisotopic (exact) mass is 264 g/mol. The Bertz CT molecular complexity index is 446. The molecule has 0 aromatic carbocycles. The van der Waals surface area contributed by atoms with Gasteiger partial charge in [-0.3, -0.25) is 4.79 Å². The van der Waals surface area contributed by atoms with E-state index >= 15 is 0 Å². The Morgan fingerprint density at radius 3 is 2.79 bits per heavy atom. The van der Waals surface area contributed by atoms with E-state index in [2.05, 4.69) is 20.6 Å². The standard InChI is InChI=1S/C13H20N4O2/c1-3-19-12(18)6-7-15-11-8-10(14-2)16-13(17-11)9-4-5-9/h8-9H,3-7H2,1-2H3,(H2,14,15,16,17). The molecular formula is C13H20N4O2. The second-order valence-corrected chi connectivity index (χ2v) is 4.50. The summed E-state index contributed by atoms with van der Waals surface area (Å²) in [4.78, 5) is 20.1. The molecule has 1 aromatic rings. The number of hydrogen-bond acceptors (Lipinski definition) is 6. The molecular weight excluding hydrogens is 244 g/mol. The number of ether oxygens (including phenoxy) is 1.